The number of halogens is 3. The van der Waals surface area contributed by atoms with Crippen LogP contribution >= 0.6 is 0 Å². The molecule has 5 heteroatoms. The zero-order chi connectivity index (χ0) is 7.83. The van der Waals surface area contributed by atoms with Gasteiger partial charge in [-0.2, -0.15) is 13.2 Å². The van der Waals surface area contributed by atoms with E-state index in [4.69, 9.17) is 5.73 Å². The highest BCUT2D eigenvalue weighted by atomic mass is 19.4. The number of hydrogen-bond acceptors (Lipinski definition) is 2. The van der Waals surface area contributed by atoms with Crippen molar-refractivity contribution in [2.45, 2.75) is 18.1 Å². The Kier molecular flexibility index (Phi) is 1.64. The first-order valence-electron chi connectivity index (χ1n) is 2.89. The first-order valence-corrected chi connectivity index (χ1v) is 2.89. The molecule has 1 fully saturated rings. The fourth-order valence-corrected chi connectivity index (χ4v) is 0.804. The average Bonchev–Trinajstić information content (AvgIpc) is 2.13. The Labute approximate surface area is 56.1 Å². The Morgan fingerprint density at radius 3 is 2.20 bits per heavy atom. The molecule has 0 aromatic carbocycles. The lowest BCUT2D eigenvalue weighted by Crippen LogP contribution is -2.53. The van der Waals surface area contributed by atoms with Crippen molar-refractivity contribution in [3.63, 3.8) is 0 Å². The van der Waals surface area contributed by atoms with Crippen LogP contribution in [0.5, 0.6) is 0 Å². The standard InChI is InChI=1S/C5H8F3NO/c6-5(7,8)4(9)1-2-10-3-4/h1-3,9H2. The van der Waals surface area contributed by atoms with Crippen molar-refractivity contribution in [2.24, 2.45) is 5.73 Å². The van der Waals surface area contributed by atoms with Crippen molar-refractivity contribution >= 4 is 0 Å². The van der Waals surface area contributed by atoms with E-state index in [2.05, 4.69) is 4.74 Å². The van der Waals surface area contributed by atoms with Gasteiger partial charge in [-0.1, -0.05) is 0 Å². The van der Waals surface area contributed by atoms with Crippen molar-refractivity contribution in [1.29, 1.82) is 0 Å². The van der Waals surface area contributed by atoms with Gasteiger partial charge in [0.1, 0.15) is 5.54 Å². The van der Waals surface area contributed by atoms with Gasteiger partial charge < -0.3 is 10.5 Å². The van der Waals surface area contributed by atoms with Crippen LogP contribution in [0.2, 0.25) is 0 Å². The van der Waals surface area contributed by atoms with Crippen LogP contribution in [0.3, 0.4) is 0 Å². The van der Waals surface area contributed by atoms with Gasteiger partial charge in [0.15, 0.2) is 0 Å². The van der Waals surface area contributed by atoms with Crippen molar-refractivity contribution in [2.75, 3.05) is 13.2 Å². The summed E-state index contributed by atoms with van der Waals surface area (Å²) in [6.07, 6.45) is -4.46. The molecular weight excluding hydrogens is 147 g/mol. The minimum Gasteiger partial charge on any atom is -0.379 e. The lowest BCUT2D eigenvalue weighted by Gasteiger charge is -2.24. The fraction of sp³-hybridized carbons (Fsp3) is 1.00. The summed E-state index contributed by atoms with van der Waals surface area (Å²) in [5.41, 5.74) is 2.90. The molecule has 0 saturated carbocycles. The van der Waals surface area contributed by atoms with Gasteiger partial charge in [0, 0.05) is 6.61 Å². The number of nitrogens with two attached hydrogens (primary N) is 1. The second kappa shape index (κ2) is 2.10. The van der Waals surface area contributed by atoms with Crippen LogP contribution in [0.25, 0.3) is 0 Å². The largest absolute Gasteiger partial charge is 0.408 e. The van der Waals surface area contributed by atoms with Crippen LogP contribution in [0.1, 0.15) is 6.42 Å². The molecule has 1 rings (SSSR count). The summed E-state index contributed by atoms with van der Waals surface area (Å²) in [4.78, 5) is 0. The molecule has 1 saturated heterocycles. The summed E-state index contributed by atoms with van der Waals surface area (Å²) in [5, 5.41) is 0. The molecule has 1 heterocycles. The van der Waals surface area contributed by atoms with Gasteiger partial charge in [-0.25, -0.2) is 0 Å². The maximum absolute atomic E-state index is 11.9. The van der Waals surface area contributed by atoms with E-state index in [0.29, 0.717) is 0 Å². The van der Waals surface area contributed by atoms with Gasteiger partial charge in [0.2, 0.25) is 0 Å². The molecule has 1 unspecified atom stereocenters. The Morgan fingerprint density at radius 1 is 1.40 bits per heavy atom. The van der Waals surface area contributed by atoms with Crippen LogP contribution in [0, 0.1) is 0 Å². The van der Waals surface area contributed by atoms with Gasteiger partial charge in [-0.05, 0) is 6.42 Å². The second-order valence-corrected chi connectivity index (χ2v) is 2.46. The van der Waals surface area contributed by atoms with Crippen LogP contribution in [0.15, 0.2) is 0 Å². The highest BCUT2D eigenvalue weighted by molar-refractivity contribution is 4.94. The molecule has 60 valence electrons. The van der Waals surface area contributed by atoms with Crippen molar-refractivity contribution in [1.82, 2.24) is 0 Å². The van der Waals surface area contributed by atoms with E-state index in [9.17, 15) is 13.2 Å². The summed E-state index contributed by atoms with van der Waals surface area (Å²) in [5.74, 6) is 0. The molecule has 2 N–H and O–H groups in total. The number of rotatable bonds is 0. The minimum absolute atomic E-state index is 0.107. The second-order valence-electron chi connectivity index (χ2n) is 2.46. The van der Waals surface area contributed by atoms with Crippen molar-refractivity contribution < 1.29 is 17.9 Å². The maximum Gasteiger partial charge on any atom is 0.408 e. The first kappa shape index (κ1) is 7.81. The molecule has 1 aliphatic rings. The molecule has 0 amide bonds. The zero-order valence-electron chi connectivity index (χ0n) is 5.24. The highest BCUT2D eigenvalue weighted by Crippen LogP contribution is 2.34. The van der Waals surface area contributed by atoms with Gasteiger partial charge in [0.05, 0.1) is 6.61 Å². The van der Waals surface area contributed by atoms with Crippen LogP contribution < -0.4 is 5.73 Å². The minimum atomic E-state index is -4.33. The molecule has 0 aromatic rings. The smallest absolute Gasteiger partial charge is 0.379 e. The van der Waals surface area contributed by atoms with E-state index in [1.807, 2.05) is 0 Å². The van der Waals surface area contributed by atoms with Gasteiger partial charge in [-0.15, -0.1) is 0 Å². The molecule has 0 spiro atoms. The molecule has 0 aliphatic carbocycles. The van der Waals surface area contributed by atoms with E-state index in [-0.39, 0.29) is 13.0 Å². The van der Waals surface area contributed by atoms with Crippen molar-refractivity contribution in [3.8, 4) is 0 Å². The van der Waals surface area contributed by atoms with Gasteiger partial charge >= 0.3 is 6.18 Å². The fourth-order valence-electron chi connectivity index (χ4n) is 0.804. The van der Waals surface area contributed by atoms with Crippen LogP contribution in [-0.4, -0.2) is 24.9 Å². The third-order valence-corrected chi connectivity index (χ3v) is 1.62. The third kappa shape index (κ3) is 1.11. The van der Waals surface area contributed by atoms with E-state index >= 15 is 0 Å². The molecule has 1 aliphatic heterocycles. The first-order chi connectivity index (χ1) is 4.46. The number of alkyl halides is 3. The molecular formula is C5H8F3NO. The summed E-state index contributed by atoms with van der Waals surface area (Å²) < 4.78 is 40.4. The molecule has 1 atom stereocenters. The topological polar surface area (TPSA) is 35.2 Å². The van der Waals surface area contributed by atoms with E-state index in [1.54, 1.807) is 0 Å². The molecule has 10 heavy (non-hydrogen) atoms. The predicted octanol–water partition coefficient (Wildman–Crippen LogP) is 0.667. The van der Waals surface area contributed by atoms with Gasteiger partial charge in [0.25, 0.3) is 0 Å². The highest BCUT2D eigenvalue weighted by Gasteiger charge is 2.54. The average molecular weight is 155 g/mol. The van der Waals surface area contributed by atoms with E-state index in [1.165, 1.54) is 0 Å². The Bertz CT molecular complexity index is 127. The molecule has 2 nitrogen and oxygen atoms in total. The lowest BCUT2D eigenvalue weighted by atomic mass is 10.0. The predicted molar refractivity (Wildman–Crippen MR) is 28.4 cm³/mol. The van der Waals surface area contributed by atoms with Gasteiger partial charge in [-0.3, -0.25) is 0 Å². The Morgan fingerprint density at radius 2 is 2.00 bits per heavy atom. The van der Waals surface area contributed by atoms with Crippen LogP contribution in [-0.2, 0) is 4.74 Å². The summed E-state index contributed by atoms with van der Waals surface area (Å²) >= 11 is 0. The SMILES string of the molecule is NC1(C(F)(F)F)CCOC1. The summed E-state index contributed by atoms with van der Waals surface area (Å²) in [7, 11) is 0. The van der Waals surface area contributed by atoms with E-state index in [0.717, 1.165) is 0 Å². The monoisotopic (exact) mass is 155 g/mol. The Balaban J connectivity index is 2.67. The molecule has 0 aromatic heterocycles. The maximum atomic E-state index is 11.9. The number of ether oxygens (including phenoxy) is 1. The third-order valence-electron chi connectivity index (χ3n) is 1.62. The molecule has 0 bridgehead atoms. The van der Waals surface area contributed by atoms with Crippen molar-refractivity contribution in [3.05, 3.63) is 0 Å². The number of hydrogen-bond donors (Lipinski definition) is 1. The normalized spacial score (nSPS) is 34.8. The summed E-state index contributed by atoms with van der Waals surface area (Å²) in [6.45, 7) is -0.299. The summed E-state index contributed by atoms with van der Waals surface area (Å²) in [6, 6.07) is 0. The lowest BCUT2D eigenvalue weighted by molar-refractivity contribution is -0.184. The van der Waals surface area contributed by atoms with Crippen LogP contribution in [0.4, 0.5) is 13.2 Å². The molecule has 0 radical (unpaired) electrons. The zero-order valence-corrected chi connectivity index (χ0v) is 5.24. The quantitative estimate of drug-likeness (QED) is 0.558. The Hall–Kier alpha value is -0.290. The van der Waals surface area contributed by atoms with E-state index < -0.39 is 18.3 Å².